The molecule has 2 atom stereocenters. The maximum absolute atomic E-state index is 12.7. The van der Waals surface area contributed by atoms with Gasteiger partial charge in [-0.25, -0.2) is 8.42 Å². The van der Waals surface area contributed by atoms with Crippen molar-refractivity contribution in [1.29, 1.82) is 0 Å². The van der Waals surface area contributed by atoms with E-state index in [0.717, 1.165) is 32.3 Å². The normalized spacial score (nSPS) is 22.5. The van der Waals surface area contributed by atoms with Crippen LogP contribution in [0.1, 0.15) is 22.3 Å². The topological polar surface area (TPSA) is 69.7 Å². The molecule has 7 heteroatoms. The molecule has 6 nitrogen and oxygen atoms in total. The van der Waals surface area contributed by atoms with Gasteiger partial charge in [-0.3, -0.25) is 19.3 Å². The third kappa shape index (κ3) is 4.43. The Balaban J connectivity index is 1.32. The van der Waals surface area contributed by atoms with Gasteiger partial charge in [-0.1, -0.05) is 30.3 Å². The zero-order valence-corrected chi connectivity index (χ0v) is 16.7. The minimum atomic E-state index is -3.31. The molecule has 0 spiro atoms. The average molecular weight is 400 g/mol. The number of piperazine rings is 1. The van der Waals surface area contributed by atoms with Crippen LogP contribution in [0.3, 0.4) is 0 Å². The van der Waals surface area contributed by atoms with E-state index < -0.39 is 10.0 Å². The Morgan fingerprint density at radius 3 is 2.25 bits per heavy atom. The van der Waals surface area contributed by atoms with Crippen molar-refractivity contribution in [3.8, 4) is 0 Å². The monoisotopic (exact) mass is 399 g/mol. The molecule has 0 radical (unpaired) electrons. The van der Waals surface area contributed by atoms with Gasteiger partial charge in [-0.2, -0.15) is 0 Å². The highest BCUT2D eigenvalue weighted by atomic mass is 32.2. The zero-order chi connectivity index (χ0) is 19.7. The van der Waals surface area contributed by atoms with Crippen molar-refractivity contribution in [3.63, 3.8) is 0 Å². The number of ketones is 1. The van der Waals surface area contributed by atoms with Gasteiger partial charge in [-0.15, -0.1) is 0 Å². The van der Waals surface area contributed by atoms with Crippen LogP contribution in [-0.4, -0.2) is 62.0 Å². The van der Waals surface area contributed by atoms with E-state index in [9.17, 15) is 13.2 Å². The second-order valence-electron chi connectivity index (χ2n) is 7.76. The molecule has 2 heterocycles. The first kappa shape index (κ1) is 19.1. The average Bonchev–Trinajstić information content (AvgIpc) is 3.22. The van der Waals surface area contributed by atoms with Gasteiger partial charge in [0.15, 0.2) is 5.78 Å². The highest BCUT2D eigenvalue weighted by molar-refractivity contribution is 7.92. The number of nitrogens with one attached hydrogen (secondary N) is 1. The number of nitrogens with zero attached hydrogens (tertiary/aromatic N) is 2. The number of fused-ring (bicyclic) bond motifs is 2. The SMILES string of the molecule is CS(=O)(=O)Nc1ccc(C(=O)CN2CC3CC2CN3Cc2ccccc2)cc1. The summed E-state index contributed by atoms with van der Waals surface area (Å²) in [6.07, 6.45) is 2.23. The number of anilines is 1. The first-order valence-electron chi connectivity index (χ1n) is 9.50. The van der Waals surface area contributed by atoms with Crippen LogP contribution < -0.4 is 4.72 Å². The Hall–Kier alpha value is -2.22. The van der Waals surface area contributed by atoms with E-state index in [-0.39, 0.29) is 5.78 Å². The van der Waals surface area contributed by atoms with Crippen LogP contribution in [0.15, 0.2) is 54.6 Å². The van der Waals surface area contributed by atoms with Gasteiger partial charge < -0.3 is 0 Å². The van der Waals surface area contributed by atoms with Gasteiger partial charge in [0, 0.05) is 43.0 Å². The quantitative estimate of drug-likeness (QED) is 0.723. The lowest BCUT2D eigenvalue weighted by atomic mass is 10.1. The lowest BCUT2D eigenvalue weighted by molar-refractivity contribution is 0.0833. The Labute approximate surface area is 166 Å². The van der Waals surface area contributed by atoms with E-state index >= 15 is 0 Å². The lowest BCUT2D eigenvalue weighted by Gasteiger charge is -2.33. The molecule has 2 bridgehead atoms. The van der Waals surface area contributed by atoms with Crippen LogP contribution in [0, 0.1) is 0 Å². The Bertz CT molecular complexity index is 945. The van der Waals surface area contributed by atoms with E-state index in [0.29, 0.717) is 29.9 Å². The molecule has 2 aliphatic heterocycles. The van der Waals surface area contributed by atoms with Crippen LogP contribution in [0.25, 0.3) is 0 Å². The van der Waals surface area contributed by atoms with Crippen LogP contribution in [0.5, 0.6) is 0 Å². The fraction of sp³-hybridized carbons (Fsp3) is 0.381. The zero-order valence-electron chi connectivity index (χ0n) is 15.9. The molecule has 28 heavy (non-hydrogen) atoms. The third-order valence-electron chi connectivity index (χ3n) is 5.55. The fourth-order valence-corrected chi connectivity index (χ4v) is 4.82. The number of Topliss-reactive ketones (excluding diaryl/α,β-unsaturated/α-hetero) is 1. The molecule has 0 aliphatic carbocycles. The second-order valence-corrected chi connectivity index (χ2v) is 9.51. The van der Waals surface area contributed by atoms with Crippen LogP contribution in [0.2, 0.25) is 0 Å². The Morgan fingerprint density at radius 2 is 1.64 bits per heavy atom. The first-order valence-corrected chi connectivity index (χ1v) is 11.4. The van der Waals surface area contributed by atoms with Crippen molar-refractivity contribution < 1.29 is 13.2 Å². The third-order valence-corrected chi connectivity index (χ3v) is 6.16. The van der Waals surface area contributed by atoms with Crippen molar-refractivity contribution >= 4 is 21.5 Å². The summed E-state index contributed by atoms with van der Waals surface area (Å²) in [5.41, 5.74) is 2.42. The van der Waals surface area contributed by atoms with Gasteiger partial charge in [0.25, 0.3) is 0 Å². The van der Waals surface area contributed by atoms with Crippen LogP contribution in [-0.2, 0) is 16.6 Å². The predicted octanol–water partition coefficient (Wildman–Crippen LogP) is 2.20. The summed E-state index contributed by atoms with van der Waals surface area (Å²) in [7, 11) is -3.31. The van der Waals surface area contributed by atoms with E-state index in [1.54, 1.807) is 24.3 Å². The minimum absolute atomic E-state index is 0.0769. The molecule has 2 aromatic carbocycles. The van der Waals surface area contributed by atoms with Gasteiger partial charge in [0.05, 0.1) is 12.8 Å². The van der Waals surface area contributed by atoms with Crippen molar-refractivity contribution in [2.24, 2.45) is 0 Å². The number of sulfonamides is 1. The number of carbonyl (C=O) groups excluding carboxylic acids is 1. The molecular weight excluding hydrogens is 374 g/mol. The largest absolute Gasteiger partial charge is 0.293 e. The minimum Gasteiger partial charge on any atom is -0.293 e. The summed E-state index contributed by atoms with van der Waals surface area (Å²) >= 11 is 0. The molecule has 0 saturated carbocycles. The summed E-state index contributed by atoms with van der Waals surface area (Å²) in [6, 6.07) is 18.1. The van der Waals surface area contributed by atoms with Gasteiger partial charge in [0.2, 0.25) is 10.0 Å². The molecule has 2 fully saturated rings. The molecule has 0 aromatic heterocycles. The molecule has 1 N–H and O–H groups in total. The second kappa shape index (κ2) is 7.66. The number of benzene rings is 2. The number of likely N-dealkylation sites (tertiary alicyclic amines) is 2. The molecule has 2 saturated heterocycles. The molecule has 2 unspecified atom stereocenters. The highest BCUT2D eigenvalue weighted by Crippen LogP contribution is 2.31. The molecule has 148 valence electrons. The van der Waals surface area contributed by atoms with Crippen LogP contribution >= 0.6 is 0 Å². The summed E-state index contributed by atoms with van der Waals surface area (Å²) in [5, 5.41) is 0. The van der Waals surface area contributed by atoms with Gasteiger partial charge in [-0.05, 0) is 36.2 Å². The highest BCUT2D eigenvalue weighted by Gasteiger charge is 2.43. The summed E-state index contributed by atoms with van der Waals surface area (Å²) in [4.78, 5) is 17.5. The van der Waals surface area contributed by atoms with Crippen molar-refractivity contribution in [2.45, 2.75) is 25.0 Å². The standard InChI is InChI=1S/C21H25N3O3S/c1-28(26,27)22-18-9-7-17(8-10-18)21(25)15-24-14-19-11-20(24)13-23(19)12-16-5-3-2-4-6-16/h2-10,19-20,22H,11-15H2,1H3. The molecule has 0 amide bonds. The number of carbonyl (C=O) groups is 1. The summed E-state index contributed by atoms with van der Waals surface area (Å²) in [5.74, 6) is 0.0769. The van der Waals surface area contributed by atoms with E-state index in [2.05, 4.69) is 38.8 Å². The van der Waals surface area contributed by atoms with E-state index in [4.69, 9.17) is 0 Å². The maximum atomic E-state index is 12.7. The Morgan fingerprint density at radius 1 is 1.00 bits per heavy atom. The number of rotatable bonds is 7. The number of hydrogen-bond donors (Lipinski definition) is 1. The maximum Gasteiger partial charge on any atom is 0.229 e. The molecule has 2 aromatic rings. The van der Waals surface area contributed by atoms with Gasteiger partial charge >= 0.3 is 0 Å². The Kier molecular flexibility index (Phi) is 5.23. The first-order chi connectivity index (χ1) is 13.4. The van der Waals surface area contributed by atoms with Crippen molar-refractivity contribution in [2.75, 3.05) is 30.6 Å². The molecule has 2 aliphatic rings. The predicted molar refractivity (Wildman–Crippen MR) is 110 cm³/mol. The van der Waals surface area contributed by atoms with Crippen LogP contribution in [0.4, 0.5) is 5.69 Å². The molecular formula is C21H25N3O3S. The fourth-order valence-electron chi connectivity index (χ4n) is 4.25. The summed E-state index contributed by atoms with van der Waals surface area (Å²) in [6.45, 7) is 3.32. The number of hydrogen-bond acceptors (Lipinski definition) is 5. The van der Waals surface area contributed by atoms with Crippen molar-refractivity contribution in [1.82, 2.24) is 9.80 Å². The van der Waals surface area contributed by atoms with E-state index in [1.165, 1.54) is 5.56 Å². The lowest BCUT2D eigenvalue weighted by Crippen LogP contribution is -2.47. The van der Waals surface area contributed by atoms with Crippen molar-refractivity contribution in [3.05, 3.63) is 65.7 Å². The van der Waals surface area contributed by atoms with Gasteiger partial charge in [0.1, 0.15) is 0 Å². The molecule has 4 rings (SSSR count). The van der Waals surface area contributed by atoms with E-state index in [1.807, 2.05) is 6.07 Å². The smallest absolute Gasteiger partial charge is 0.229 e. The summed E-state index contributed by atoms with van der Waals surface area (Å²) < 4.78 is 25.0.